The maximum atomic E-state index is 14.4. The number of halogens is 3. The number of hydrogen-bond acceptors (Lipinski definition) is 5. The van der Waals surface area contributed by atoms with Crippen molar-refractivity contribution in [1.29, 1.82) is 0 Å². The van der Waals surface area contributed by atoms with Crippen molar-refractivity contribution in [2.75, 3.05) is 60.0 Å². The Morgan fingerprint density at radius 1 is 1.27 bits per heavy atom. The third-order valence-electron chi connectivity index (χ3n) is 5.39. The molecule has 0 bridgehead atoms. The van der Waals surface area contributed by atoms with Crippen molar-refractivity contribution in [3.8, 4) is 0 Å². The molecule has 2 saturated heterocycles. The predicted molar refractivity (Wildman–Crippen MR) is 110 cm³/mol. The van der Waals surface area contributed by atoms with Crippen LogP contribution >= 0.6 is 11.6 Å². The van der Waals surface area contributed by atoms with Gasteiger partial charge in [0, 0.05) is 46.4 Å². The summed E-state index contributed by atoms with van der Waals surface area (Å²) in [4.78, 5) is 30.7. The molecular formula is C20H25ClF2N4O3. The average Bonchev–Trinajstić information content (AvgIpc) is 3.05. The minimum absolute atomic E-state index is 0.0749. The van der Waals surface area contributed by atoms with Gasteiger partial charge in [-0.2, -0.15) is 0 Å². The van der Waals surface area contributed by atoms with Gasteiger partial charge in [-0.15, -0.1) is 0 Å². The lowest BCUT2D eigenvalue weighted by Gasteiger charge is -2.36. The number of aromatic nitrogens is 1. The van der Waals surface area contributed by atoms with Crippen LogP contribution < -0.4 is 0 Å². The number of rotatable bonds is 4. The largest absolute Gasteiger partial charge is 0.379 e. The van der Waals surface area contributed by atoms with Crippen LogP contribution in [-0.2, 0) is 9.53 Å². The fraction of sp³-hybridized carbons (Fsp3) is 0.500. The van der Waals surface area contributed by atoms with E-state index in [0.717, 1.165) is 38.5 Å². The zero-order valence-corrected chi connectivity index (χ0v) is 17.7. The van der Waals surface area contributed by atoms with Crippen molar-refractivity contribution in [2.24, 2.45) is 0 Å². The van der Waals surface area contributed by atoms with Crippen LogP contribution in [0.3, 0.4) is 0 Å². The highest BCUT2D eigenvalue weighted by Crippen LogP contribution is 2.30. The molecule has 1 aromatic carbocycles. The Morgan fingerprint density at radius 2 is 1.93 bits per heavy atom. The molecule has 1 N–H and O–H groups in total. The lowest BCUT2D eigenvalue weighted by Crippen LogP contribution is -2.52. The topological polar surface area (TPSA) is 68.9 Å². The molecule has 0 radical (unpaired) electrons. The Hall–Kier alpha value is -2.07. The molecule has 2 aromatic rings. The van der Waals surface area contributed by atoms with E-state index in [2.05, 4.69) is 9.88 Å². The monoisotopic (exact) mass is 442 g/mol. The van der Waals surface area contributed by atoms with Gasteiger partial charge in [-0.3, -0.25) is 9.69 Å². The molecular weight excluding hydrogens is 418 g/mol. The van der Waals surface area contributed by atoms with Crippen molar-refractivity contribution < 1.29 is 23.1 Å². The molecule has 30 heavy (non-hydrogen) atoms. The molecule has 1 amide bonds. The summed E-state index contributed by atoms with van der Waals surface area (Å²) >= 11 is 5.79. The van der Waals surface area contributed by atoms with Crippen molar-refractivity contribution in [3.05, 3.63) is 34.5 Å². The van der Waals surface area contributed by atoms with Gasteiger partial charge >= 0.3 is 0 Å². The third-order valence-corrected chi connectivity index (χ3v) is 5.76. The number of aldehydes is 1. The first-order valence-corrected chi connectivity index (χ1v) is 10.0. The number of carbonyl (C=O) groups excluding carboxylic acids is 2. The number of fused-ring (bicyclic) bond motifs is 1. The number of benzene rings is 1. The summed E-state index contributed by atoms with van der Waals surface area (Å²) in [6.07, 6.45) is 1.29. The van der Waals surface area contributed by atoms with E-state index < -0.39 is 17.5 Å². The fourth-order valence-electron chi connectivity index (χ4n) is 3.42. The number of likely N-dealkylation sites (tertiary alicyclic amines) is 1. The molecule has 4 rings (SSSR count). The van der Waals surface area contributed by atoms with Crippen LogP contribution in [0.1, 0.15) is 10.5 Å². The van der Waals surface area contributed by atoms with Crippen LogP contribution in [0.15, 0.2) is 12.1 Å². The first-order chi connectivity index (χ1) is 14.3. The van der Waals surface area contributed by atoms with E-state index in [1.54, 1.807) is 12.0 Å². The molecule has 7 nitrogen and oxygen atoms in total. The summed E-state index contributed by atoms with van der Waals surface area (Å²) in [5.41, 5.74) is 0.151. The summed E-state index contributed by atoms with van der Waals surface area (Å²) in [6, 6.07) is 2.52. The molecule has 0 spiro atoms. The smallest absolute Gasteiger partial charge is 0.273 e. The molecule has 164 valence electrons. The number of methoxy groups -OCH3 is 1. The second kappa shape index (κ2) is 9.82. The molecule has 0 unspecified atom stereocenters. The standard InChI is InChI=1S/C14H14ClF2N3O.C6H11NO2/c1-19-4-6-20(7-5-19)14(21)13-12(17)10-9(18-13)3-2-8(16)11(10)15;1-9-6-4-7(5-6)2-3-8/h2-3,18H,4-7H2,1H3;3,6H,2,4-5H2,1H3. The lowest BCUT2D eigenvalue weighted by atomic mass is 10.2. The highest BCUT2D eigenvalue weighted by Gasteiger charge is 2.27. The van der Waals surface area contributed by atoms with E-state index in [1.807, 2.05) is 11.9 Å². The zero-order valence-electron chi connectivity index (χ0n) is 17.0. The Labute approximate surface area is 178 Å². The van der Waals surface area contributed by atoms with Crippen molar-refractivity contribution in [3.63, 3.8) is 0 Å². The van der Waals surface area contributed by atoms with Gasteiger partial charge in [-0.25, -0.2) is 8.78 Å². The second-order valence-corrected chi connectivity index (χ2v) is 7.81. The summed E-state index contributed by atoms with van der Waals surface area (Å²) in [5.74, 6) is -1.92. The number of nitrogens with zero attached hydrogens (tertiary/aromatic N) is 3. The SMILES string of the molecule is CN1CCN(C(=O)c2[nH]c3ccc(F)c(Cl)c3c2F)CC1.COC1CN(CC=O)C1. The van der Waals surface area contributed by atoms with Gasteiger partial charge in [0.15, 0.2) is 5.82 Å². The van der Waals surface area contributed by atoms with Gasteiger partial charge in [-0.05, 0) is 19.2 Å². The second-order valence-electron chi connectivity index (χ2n) is 7.44. The number of nitrogens with one attached hydrogen (secondary N) is 1. The van der Waals surface area contributed by atoms with E-state index in [4.69, 9.17) is 16.3 Å². The normalized spacial score (nSPS) is 18.1. The molecule has 3 heterocycles. The Bertz CT molecular complexity index is 909. The number of H-pyrrole nitrogens is 1. The van der Waals surface area contributed by atoms with Gasteiger partial charge < -0.3 is 24.3 Å². The summed E-state index contributed by atoms with van der Waals surface area (Å²) in [6.45, 7) is 4.93. The van der Waals surface area contributed by atoms with Crippen LogP contribution in [0.2, 0.25) is 5.02 Å². The molecule has 0 atom stereocenters. The number of carbonyl (C=O) groups is 2. The summed E-state index contributed by atoms with van der Waals surface area (Å²) in [5, 5.41) is -0.382. The number of aromatic amines is 1. The van der Waals surface area contributed by atoms with Gasteiger partial charge in [0.25, 0.3) is 5.91 Å². The van der Waals surface area contributed by atoms with E-state index in [9.17, 15) is 18.4 Å². The average molecular weight is 443 g/mol. The first kappa shape index (κ1) is 22.6. The first-order valence-electron chi connectivity index (χ1n) is 9.67. The van der Waals surface area contributed by atoms with Gasteiger partial charge in [0.1, 0.15) is 17.8 Å². The van der Waals surface area contributed by atoms with Crippen LogP contribution in [0, 0.1) is 11.6 Å². The van der Waals surface area contributed by atoms with Crippen LogP contribution in [0.5, 0.6) is 0 Å². The van der Waals surface area contributed by atoms with Crippen molar-refractivity contribution in [2.45, 2.75) is 6.10 Å². The minimum atomic E-state index is -0.793. The fourth-order valence-corrected chi connectivity index (χ4v) is 3.67. The predicted octanol–water partition coefficient (Wildman–Crippen LogP) is 2.00. The number of piperazine rings is 1. The number of hydrogen-bond donors (Lipinski definition) is 1. The number of likely N-dealkylation sites (N-methyl/N-ethyl adjacent to an activating group) is 1. The Balaban J connectivity index is 0.000000239. The van der Waals surface area contributed by atoms with Crippen molar-refractivity contribution in [1.82, 2.24) is 19.7 Å². The molecule has 0 aliphatic carbocycles. The van der Waals surface area contributed by atoms with Gasteiger partial charge in [0.2, 0.25) is 0 Å². The third kappa shape index (κ3) is 4.80. The summed E-state index contributed by atoms with van der Waals surface area (Å²) < 4.78 is 32.8. The van der Waals surface area contributed by atoms with Crippen LogP contribution in [0.4, 0.5) is 8.78 Å². The maximum absolute atomic E-state index is 14.4. The highest BCUT2D eigenvalue weighted by molar-refractivity contribution is 6.35. The van der Waals surface area contributed by atoms with E-state index >= 15 is 0 Å². The molecule has 0 saturated carbocycles. The Kier molecular flexibility index (Phi) is 7.41. The molecule has 1 aromatic heterocycles. The van der Waals surface area contributed by atoms with E-state index in [0.29, 0.717) is 31.3 Å². The molecule has 2 aliphatic rings. The quantitative estimate of drug-likeness (QED) is 0.733. The van der Waals surface area contributed by atoms with Crippen LogP contribution in [0.25, 0.3) is 10.9 Å². The van der Waals surface area contributed by atoms with Gasteiger partial charge in [-0.1, -0.05) is 11.6 Å². The molecule has 10 heteroatoms. The minimum Gasteiger partial charge on any atom is -0.379 e. The number of amides is 1. The Morgan fingerprint density at radius 3 is 2.53 bits per heavy atom. The van der Waals surface area contributed by atoms with E-state index in [-0.39, 0.29) is 16.1 Å². The zero-order chi connectivity index (χ0) is 21.8. The van der Waals surface area contributed by atoms with E-state index in [1.165, 1.54) is 6.07 Å². The van der Waals surface area contributed by atoms with Crippen molar-refractivity contribution >= 4 is 34.7 Å². The number of ether oxygens (including phenoxy) is 1. The lowest BCUT2D eigenvalue weighted by molar-refractivity contribution is -0.112. The molecule has 2 fully saturated rings. The highest BCUT2D eigenvalue weighted by atomic mass is 35.5. The molecule has 2 aliphatic heterocycles. The van der Waals surface area contributed by atoms with Crippen LogP contribution in [-0.4, -0.2) is 98.0 Å². The maximum Gasteiger partial charge on any atom is 0.273 e. The summed E-state index contributed by atoms with van der Waals surface area (Å²) in [7, 11) is 3.66. The van der Waals surface area contributed by atoms with Gasteiger partial charge in [0.05, 0.1) is 28.6 Å².